The highest BCUT2D eigenvalue weighted by molar-refractivity contribution is 6.05. The summed E-state index contributed by atoms with van der Waals surface area (Å²) in [6.45, 7) is 1.48. The first-order valence-electron chi connectivity index (χ1n) is 6.69. The zero-order valence-electron chi connectivity index (χ0n) is 12.1. The molecule has 0 heterocycles. The van der Waals surface area contributed by atoms with Gasteiger partial charge in [0.25, 0.3) is 0 Å². The molecule has 2 nitrogen and oxygen atoms in total. The second-order valence-corrected chi connectivity index (χ2v) is 4.87. The van der Waals surface area contributed by atoms with Gasteiger partial charge >= 0.3 is 6.18 Å². The van der Waals surface area contributed by atoms with Crippen molar-refractivity contribution in [3.63, 3.8) is 0 Å². The van der Waals surface area contributed by atoms with Crippen LogP contribution in [0.25, 0.3) is 0 Å². The Balaban J connectivity index is 2.20. The Morgan fingerprint density at radius 1 is 1.04 bits per heavy atom. The van der Waals surface area contributed by atoms with Crippen LogP contribution >= 0.6 is 0 Å². The summed E-state index contributed by atoms with van der Waals surface area (Å²) < 4.78 is 51.5. The van der Waals surface area contributed by atoms with Crippen LogP contribution in [0.4, 0.5) is 23.2 Å². The molecule has 2 aromatic carbocycles. The number of halogens is 4. The van der Waals surface area contributed by atoms with E-state index >= 15 is 0 Å². The summed E-state index contributed by atoms with van der Waals surface area (Å²) >= 11 is 0. The summed E-state index contributed by atoms with van der Waals surface area (Å²) in [5, 5.41) is 2.58. The third-order valence-electron chi connectivity index (χ3n) is 3.04. The fraction of sp³-hybridized carbons (Fsp3) is 0.118. The van der Waals surface area contributed by atoms with E-state index in [0.29, 0.717) is 0 Å². The van der Waals surface area contributed by atoms with E-state index in [4.69, 9.17) is 0 Å². The average molecular weight is 323 g/mol. The Morgan fingerprint density at radius 2 is 1.65 bits per heavy atom. The second-order valence-electron chi connectivity index (χ2n) is 4.87. The first kappa shape index (κ1) is 16.7. The molecular weight excluding hydrogens is 310 g/mol. The van der Waals surface area contributed by atoms with Gasteiger partial charge in [-0.15, -0.1) is 0 Å². The molecule has 0 fully saturated rings. The summed E-state index contributed by atoms with van der Waals surface area (Å²) in [6, 6.07) is 9.89. The van der Waals surface area contributed by atoms with Crippen LogP contribution in [0, 0.1) is 5.82 Å². The Hall–Kier alpha value is -2.63. The lowest BCUT2D eigenvalue weighted by Gasteiger charge is -2.14. The Kier molecular flexibility index (Phi) is 4.83. The van der Waals surface area contributed by atoms with Gasteiger partial charge in [-0.1, -0.05) is 12.1 Å². The number of allylic oxidation sites excluding steroid dienone is 2. The number of carbonyl (C=O) groups excluding carboxylic acids is 1. The Labute approximate surface area is 130 Å². The fourth-order valence-corrected chi connectivity index (χ4v) is 1.98. The maximum atomic E-state index is 12.9. The standard InChI is InChI=1S/C17H13F4NO/c1-11(10-16(23)12-6-8-13(18)9-7-12)22-15-5-3-2-4-14(15)17(19,20)21/h2-10,22H,1H3/b11-10+. The van der Waals surface area contributed by atoms with Gasteiger partial charge in [0.15, 0.2) is 5.78 Å². The number of carbonyl (C=O) groups is 1. The monoisotopic (exact) mass is 323 g/mol. The summed E-state index contributed by atoms with van der Waals surface area (Å²) in [5.74, 6) is -0.904. The summed E-state index contributed by atoms with van der Waals surface area (Å²) in [7, 11) is 0. The van der Waals surface area contributed by atoms with Crippen molar-refractivity contribution in [1.82, 2.24) is 0 Å². The second kappa shape index (κ2) is 6.64. The van der Waals surface area contributed by atoms with Crippen molar-refractivity contribution in [2.24, 2.45) is 0 Å². The van der Waals surface area contributed by atoms with E-state index < -0.39 is 23.3 Å². The molecule has 0 aliphatic heterocycles. The number of hydrogen-bond acceptors (Lipinski definition) is 2. The number of ketones is 1. The quantitative estimate of drug-likeness (QED) is 0.485. The smallest absolute Gasteiger partial charge is 0.359 e. The minimum atomic E-state index is -4.50. The highest BCUT2D eigenvalue weighted by atomic mass is 19.4. The highest BCUT2D eigenvalue weighted by Crippen LogP contribution is 2.35. The average Bonchev–Trinajstić information content (AvgIpc) is 2.47. The molecular formula is C17H13F4NO. The number of para-hydroxylation sites is 1. The summed E-state index contributed by atoms with van der Waals surface area (Å²) in [4.78, 5) is 12.0. The number of anilines is 1. The number of alkyl halides is 3. The van der Waals surface area contributed by atoms with E-state index in [1.54, 1.807) is 0 Å². The molecule has 0 saturated heterocycles. The fourth-order valence-electron chi connectivity index (χ4n) is 1.98. The van der Waals surface area contributed by atoms with Gasteiger partial charge in [0, 0.05) is 17.3 Å². The van der Waals surface area contributed by atoms with Crippen LogP contribution in [0.1, 0.15) is 22.8 Å². The van der Waals surface area contributed by atoms with Crippen LogP contribution in [0.15, 0.2) is 60.3 Å². The number of hydrogen-bond donors (Lipinski definition) is 1. The molecule has 120 valence electrons. The molecule has 0 atom stereocenters. The van der Waals surface area contributed by atoms with Gasteiger partial charge in [-0.25, -0.2) is 4.39 Å². The van der Waals surface area contributed by atoms with Crippen molar-refractivity contribution in [2.75, 3.05) is 5.32 Å². The molecule has 23 heavy (non-hydrogen) atoms. The maximum absolute atomic E-state index is 12.9. The zero-order valence-corrected chi connectivity index (χ0v) is 12.1. The SMILES string of the molecule is C/C(=C\C(=O)c1ccc(F)cc1)Nc1ccccc1C(F)(F)F. The molecule has 0 aromatic heterocycles. The molecule has 0 radical (unpaired) electrons. The van der Waals surface area contributed by atoms with Crippen LogP contribution in [0.2, 0.25) is 0 Å². The molecule has 0 aliphatic carbocycles. The van der Waals surface area contributed by atoms with Crippen molar-refractivity contribution in [2.45, 2.75) is 13.1 Å². The largest absolute Gasteiger partial charge is 0.418 e. The molecule has 0 spiro atoms. The molecule has 0 unspecified atom stereocenters. The van der Waals surface area contributed by atoms with Crippen LogP contribution in [0.5, 0.6) is 0 Å². The minimum Gasteiger partial charge on any atom is -0.359 e. The van der Waals surface area contributed by atoms with Gasteiger partial charge in [-0.3, -0.25) is 4.79 Å². The van der Waals surface area contributed by atoms with Gasteiger partial charge in [0.1, 0.15) is 5.82 Å². The lowest BCUT2D eigenvalue weighted by atomic mass is 10.1. The van der Waals surface area contributed by atoms with Gasteiger partial charge in [0.05, 0.1) is 11.3 Å². The first-order chi connectivity index (χ1) is 10.8. The first-order valence-corrected chi connectivity index (χ1v) is 6.69. The van der Waals surface area contributed by atoms with Gasteiger partial charge < -0.3 is 5.32 Å². The number of rotatable bonds is 4. The van der Waals surface area contributed by atoms with Crippen LogP contribution < -0.4 is 5.32 Å². The van der Waals surface area contributed by atoms with Crippen molar-refractivity contribution in [3.05, 3.63) is 77.2 Å². The topological polar surface area (TPSA) is 29.1 Å². The number of nitrogens with one attached hydrogen (secondary N) is 1. The predicted molar refractivity (Wildman–Crippen MR) is 79.6 cm³/mol. The summed E-state index contributed by atoms with van der Waals surface area (Å²) in [5.41, 5.74) is -0.463. The van der Waals surface area contributed by atoms with E-state index in [1.165, 1.54) is 43.3 Å². The normalized spacial score (nSPS) is 12.1. The van der Waals surface area contributed by atoms with Gasteiger partial charge in [-0.2, -0.15) is 13.2 Å². The molecule has 2 rings (SSSR count). The highest BCUT2D eigenvalue weighted by Gasteiger charge is 2.33. The van der Waals surface area contributed by atoms with E-state index in [9.17, 15) is 22.4 Å². The van der Waals surface area contributed by atoms with Crippen molar-refractivity contribution < 1.29 is 22.4 Å². The number of benzene rings is 2. The van der Waals surface area contributed by atoms with E-state index in [2.05, 4.69) is 5.32 Å². The van der Waals surface area contributed by atoms with Crippen LogP contribution in [-0.4, -0.2) is 5.78 Å². The molecule has 0 saturated carbocycles. The third-order valence-corrected chi connectivity index (χ3v) is 3.04. The van der Waals surface area contributed by atoms with Crippen molar-refractivity contribution in [1.29, 1.82) is 0 Å². The van der Waals surface area contributed by atoms with Gasteiger partial charge in [0.2, 0.25) is 0 Å². The van der Waals surface area contributed by atoms with Crippen LogP contribution in [0.3, 0.4) is 0 Å². The van der Waals surface area contributed by atoms with E-state index in [0.717, 1.165) is 18.2 Å². The molecule has 2 aromatic rings. The molecule has 0 amide bonds. The molecule has 1 N–H and O–H groups in total. The van der Waals surface area contributed by atoms with Crippen LogP contribution in [-0.2, 0) is 6.18 Å². The summed E-state index contributed by atoms with van der Waals surface area (Å²) in [6.07, 6.45) is -3.33. The zero-order chi connectivity index (χ0) is 17.0. The maximum Gasteiger partial charge on any atom is 0.418 e. The third kappa shape index (κ3) is 4.42. The van der Waals surface area contributed by atoms with Crippen molar-refractivity contribution >= 4 is 11.5 Å². The predicted octanol–water partition coefficient (Wildman–Crippen LogP) is 5.04. The lowest BCUT2D eigenvalue weighted by molar-refractivity contribution is -0.136. The molecule has 6 heteroatoms. The lowest BCUT2D eigenvalue weighted by Crippen LogP contribution is -2.10. The van der Waals surface area contributed by atoms with E-state index in [-0.39, 0.29) is 16.9 Å². The Bertz CT molecular complexity index is 733. The Morgan fingerprint density at radius 3 is 2.26 bits per heavy atom. The van der Waals surface area contributed by atoms with E-state index in [1.807, 2.05) is 0 Å². The molecule has 0 aliphatic rings. The molecule has 0 bridgehead atoms. The van der Waals surface area contributed by atoms with Crippen molar-refractivity contribution in [3.8, 4) is 0 Å². The van der Waals surface area contributed by atoms with Gasteiger partial charge in [-0.05, 0) is 43.3 Å². The minimum absolute atomic E-state index is 0.138.